The van der Waals surface area contributed by atoms with Crippen LogP contribution in [0.1, 0.15) is 36.0 Å². The highest BCUT2D eigenvalue weighted by Crippen LogP contribution is 2.66. The van der Waals surface area contributed by atoms with Crippen molar-refractivity contribution in [2.24, 2.45) is 0 Å². The number of sulfonamides is 1. The fourth-order valence-corrected chi connectivity index (χ4v) is 9.05. The molecule has 1 saturated carbocycles. The number of aliphatic hydroxyl groups is 1. The van der Waals surface area contributed by atoms with Crippen molar-refractivity contribution in [1.29, 1.82) is 0 Å². The maximum atomic E-state index is 13.6. The molecule has 1 saturated heterocycles. The van der Waals surface area contributed by atoms with Crippen molar-refractivity contribution in [3.8, 4) is 11.5 Å². The van der Waals surface area contributed by atoms with Gasteiger partial charge >= 0.3 is 0 Å². The van der Waals surface area contributed by atoms with Gasteiger partial charge in [0.15, 0.2) is 11.5 Å². The molecule has 2 aromatic carbocycles. The summed E-state index contributed by atoms with van der Waals surface area (Å²) < 4.78 is 41.1. The van der Waals surface area contributed by atoms with Crippen LogP contribution in [0.2, 0.25) is 0 Å². The number of hydrogen-bond donors (Lipinski definition) is 1. The molecule has 2 aliphatic heterocycles. The SMILES string of the molecule is C=CCN1CC[C@]23c4c5ccc(OC)c4OC2C(N(C)S(=O)(=O)Cc2ccccc2)CC[C@@]3(O)[C@H]1C5. The van der Waals surface area contributed by atoms with Crippen LogP contribution in [0, 0.1) is 0 Å². The van der Waals surface area contributed by atoms with Gasteiger partial charge in [0.25, 0.3) is 0 Å². The number of hydrogen-bond acceptors (Lipinski definition) is 6. The van der Waals surface area contributed by atoms with Crippen LogP contribution in [0.4, 0.5) is 0 Å². The summed E-state index contributed by atoms with van der Waals surface area (Å²) in [5, 5.41) is 12.5. The Morgan fingerprint density at radius 1 is 1.25 bits per heavy atom. The van der Waals surface area contributed by atoms with E-state index in [1.807, 2.05) is 42.5 Å². The van der Waals surface area contributed by atoms with Crippen LogP contribution < -0.4 is 9.47 Å². The molecule has 6 rings (SSSR count). The first-order valence-electron chi connectivity index (χ1n) is 12.7. The molecule has 4 aliphatic rings. The standard InChI is InChI=1S/C28H34N2O5S/c1-4-15-30-16-14-27-24-20-10-11-22(34-3)25(24)35-26(27)21(12-13-28(27,31)23(30)17-20)29(2)36(32,33)18-19-8-6-5-7-9-19/h4-11,21,23,26,31H,1,12-18H2,2-3H3/t21?,23-,26?,27+,28-/m1/s1. The molecule has 192 valence electrons. The third-order valence-corrected chi connectivity index (χ3v) is 11.1. The molecule has 8 heteroatoms. The average molecular weight is 511 g/mol. The summed E-state index contributed by atoms with van der Waals surface area (Å²) in [6, 6.07) is 12.8. The van der Waals surface area contributed by atoms with E-state index in [2.05, 4.69) is 17.5 Å². The Morgan fingerprint density at radius 3 is 2.75 bits per heavy atom. The van der Waals surface area contributed by atoms with Gasteiger partial charge in [0.1, 0.15) is 6.10 Å². The number of ether oxygens (including phenoxy) is 2. The highest BCUT2D eigenvalue weighted by Gasteiger charge is 2.73. The lowest BCUT2D eigenvalue weighted by molar-refractivity contribution is -0.193. The largest absolute Gasteiger partial charge is 0.493 e. The van der Waals surface area contributed by atoms with E-state index in [9.17, 15) is 13.5 Å². The van der Waals surface area contributed by atoms with Gasteiger partial charge in [-0.15, -0.1) is 6.58 Å². The van der Waals surface area contributed by atoms with Gasteiger partial charge < -0.3 is 14.6 Å². The molecule has 0 aromatic heterocycles. The fourth-order valence-electron chi connectivity index (χ4n) is 7.60. The minimum Gasteiger partial charge on any atom is -0.493 e. The van der Waals surface area contributed by atoms with Crippen LogP contribution in [-0.2, 0) is 27.6 Å². The van der Waals surface area contributed by atoms with Crippen LogP contribution in [0.5, 0.6) is 11.5 Å². The maximum absolute atomic E-state index is 13.6. The second-order valence-corrected chi connectivity index (χ2v) is 12.7. The smallest absolute Gasteiger partial charge is 0.218 e. The second-order valence-electron chi connectivity index (χ2n) is 10.7. The van der Waals surface area contributed by atoms with Gasteiger partial charge in [0.05, 0.1) is 29.9 Å². The average Bonchev–Trinajstić information content (AvgIpc) is 3.21. The van der Waals surface area contributed by atoms with Crippen molar-refractivity contribution >= 4 is 10.0 Å². The maximum Gasteiger partial charge on any atom is 0.218 e. The number of benzene rings is 2. The summed E-state index contributed by atoms with van der Waals surface area (Å²) >= 11 is 0. The highest BCUT2D eigenvalue weighted by atomic mass is 32.2. The number of piperidine rings is 1. The summed E-state index contributed by atoms with van der Waals surface area (Å²) in [7, 11) is -0.324. The van der Waals surface area contributed by atoms with Crippen molar-refractivity contribution in [3.63, 3.8) is 0 Å². The van der Waals surface area contributed by atoms with Crippen LogP contribution in [0.25, 0.3) is 0 Å². The predicted molar refractivity (Wildman–Crippen MR) is 138 cm³/mol. The Kier molecular flexibility index (Phi) is 5.54. The lowest BCUT2D eigenvalue weighted by Gasteiger charge is -2.64. The summed E-state index contributed by atoms with van der Waals surface area (Å²) in [6.07, 6.45) is 3.85. The lowest BCUT2D eigenvalue weighted by Crippen LogP contribution is -2.78. The van der Waals surface area contributed by atoms with E-state index in [4.69, 9.17) is 9.47 Å². The number of likely N-dealkylation sites (N-methyl/N-ethyl adjacent to an activating group) is 1. The molecule has 2 aliphatic carbocycles. The van der Waals surface area contributed by atoms with Gasteiger partial charge in [-0.3, -0.25) is 4.90 Å². The number of nitrogens with zero attached hydrogens (tertiary/aromatic N) is 2. The normalized spacial score (nSPS) is 32.6. The van der Waals surface area contributed by atoms with E-state index in [-0.39, 0.29) is 11.8 Å². The highest BCUT2D eigenvalue weighted by molar-refractivity contribution is 7.88. The lowest BCUT2D eigenvalue weighted by atomic mass is 9.48. The Morgan fingerprint density at radius 2 is 2.03 bits per heavy atom. The van der Waals surface area contributed by atoms with Crippen LogP contribution >= 0.6 is 0 Å². The van der Waals surface area contributed by atoms with Crippen LogP contribution in [0.15, 0.2) is 55.1 Å². The van der Waals surface area contributed by atoms with E-state index in [1.165, 1.54) is 4.31 Å². The molecule has 2 aromatic rings. The first kappa shape index (κ1) is 24.0. The van der Waals surface area contributed by atoms with Crippen molar-refractivity contribution in [1.82, 2.24) is 9.21 Å². The molecule has 2 heterocycles. The van der Waals surface area contributed by atoms with Gasteiger partial charge in [0, 0.05) is 25.2 Å². The Bertz CT molecular complexity index is 1300. The van der Waals surface area contributed by atoms with Crippen LogP contribution in [-0.4, -0.2) is 73.8 Å². The minimum atomic E-state index is -3.62. The third kappa shape index (κ3) is 3.11. The molecule has 1 spiro atoms. The summed E-state index contributed by atoms with van der Waals surface area (Å²) in [5.41, 5.74) is 1.23. The Labute approximate surface area is 213 Å². The zero-order chi connectivity index (χ0) is 25.3. The minimum absolute atomic E-state index is 0.0674. The third-order valence-electron chi connectivity index (χ3n) is 9.21. The van der Waals surface area contributed by atoms with Crippen molar-refractivity contribution in [3.05, 3.63) is 71.8 Å². The van der Waals surface area contributed by atoms with E-state index in [1.54, 1.807) is 14.2 Å². The zero-order valence-corrected chi connectivity index (χ0v) is 21.7. The van der Waals surface area contributed by atoms with E-state index < -0.39 is 33.2 Å². The predicted octanol–water partition coefficient (Wildman–Crippen LogP) is 2.87. The van der Waals surface area contributed by atoms with Gasteiger partial charge in [-0.25, -0.2) is 8.42 Å². The number of rotatable bonds is 7. The first-order valence-corrected chi connectivity index (χ1v) is 14.3. The van der Waals surface area contributed by atoms with Gasteiger partial charge in [-0.05, 0) is 49.4 Å². The quantitative estimate of drug-likeness (QED) is 0.577. The second kappa shape index (κ2) is 8.31. The zero-order valence-electron chi connectivity index (χ0n) is 20.9. The number of methoxy groups -OCH3 is 1. The fraction of sp³-hybridized carbons (Fsp3) is 0.500. The van der Waals surface area contributed by atoms with Gasteiger partial charge in [0.2, 0.25) is 10.0 Å². The van der Waals surface area contributed by atoms with Crippen molar-refractivity contribution in [2.75, 3.05) is 27.2 Å². The summed E-state index contributed by atoms with van der Waals surface area (Å²) in [4.78, 5) is 2.33. The molecule has 2 fully saturated rings. The summed E-state index contributed by atoms with van der Waals surface area (Å²) in [6.45, 7) is 5.44. The summed E-state index contributed by atoms with van der Waals surface area (Å²) in [5.74, 6) is 1.25. The number of likely N-dealkylation sites (tertiary alicyclic amines) is 1. The molecule has 2 bridgehead atoms. The van der Waals surface area contributed by atoms with E-state index in [0.29, 0.717) is 37.3 Å². The topological polar surface area (TPSA) is 79.3 Å². The van der Waals surface area contributed by atoms with Gasteiger partial charge in [-0.2, -0.15) is 4.31 Å². The Balaban J connectivity index is 1.45. The molecule has 5 atom stereocenters. The first-order chi connectivity index (χ1) is 17.3. The molecule has 2 unspecified atom stereocenters. The monoisotopic (exact) mass is 510 g/mol. The van der Waals surface area contributed by atoms with Crippen molar-refractivity contribution in [2.45, 2.75) is 60.6 Å². The molecular weight excluding hydrogens is 476 g/mol. The molecule has 0 radical (unpaired) electrons. The van der Waals surface area contributed by atoms with Crippen LogP contribution in [0.3, 0.4) is 0 Å². The van der Waals surface area contributed by atoms with E-state index >= 15 is 0 Å². The molecular formula is C28H34N2O5S. The van der Waals surface area contributed by atoms with E-state index in [0.717, 1.165) is 29.7 Å². The molecule has 1 N–H and O–H groups in total. The van der Waals surface area contributed by atoms with Crippen molar-refractivity contribution < 1.29 is 23.0 Å². The molecule has 7 nitrogen and oxygen atoms in total. The Hall–Kier alpha value is -2.39. The molecule has 36 heavy (non-hydrogen) atoms. The van der Waals surface area contributed by atoms with Gasteiger partial charge in [-0.1, -0.05) is 42.5 Å². The molecule has 0 amide bonds.